The van der Waals surface area contributed by atoms with Gasteiger partial charge < -0.3 is 15.1 Å². The summed E-state index contributed by atoms with van der Waals surface area (Å²) in [6.45, 7) is 3.70. The van der Waals surface area contributed by atoms with E-state index < -0.39 is 10.0 Å². The fourth-order valence-corrected chi connectivity index (χ4v) is 5.55. The Balaban J connectivity index is 1.56. The van der Waals surface area contributed by atoms with Crippen molar-refractivity contribution >= 4 is 72.6 Å². The van der Waals surface area contributed by atoms with Gasteiger partial charge in [-0.25, -0.2) is 13.4 Å². The van der Waals surface area contributed by atoms with Gasteiger partial charge in [-0.2, -0.15) is 4.98 Å². The maximum absolute atomic E-state index is 12.5. The lowest BCUT2D eigenvalue weighted by Crippen LogP contribution is -2.45. The van der Waals surface area contributed by atoms with Gasteiger partial charge in [0.2, 0.25) is 16.0 Å². The van der Waals surface area contributed by atoms with Crippen molar-refractivity contribution in [3.8, 4) is 0 Å². The number of fused-ring (bicyclic) bond motifs is 1. The molecule has 11 heteroatoms. The summed E-state index contributed by atoms with van der Waals surface area (Å²) in [4.78, 5) is 13.9. The van der Waals surface area contributed by atoms with Gasteiger partial charge in [0.1, 0.15) is 5.82 Å². The first-order chi connectivity index (χ1) is 15.3. The maximum atomic E-state index is 12.5. The number of sulfonamides is 1. The zero-order valence-corrected chi connectivity index (χ0v) is 21.3. The van der Waals surface area contributed by atoms with Gasteiger partial charge in [0.25, 0.3) is 0 Å². The van der Waals surface area contributed by atoms with Crippen molar-refractivity contribution < 1.29 is 8.42 Å². The molecule has 1 aliphatic rings. The lowest BCUT2D eigenvalue weighted by molar-refractivity contribution is 0.311. The molecule has 0 unspecified atom stereocenters. The molecule has 0 aliphatic carbocycles. The number of likely N-dealkylation sites (N-methyl/N-ethyl adjacent to an activating group) is 1. The van der Waals surface area contributed by atoms with E-state index in [1.165, 1.54) is 0 Å². The topological polar surface area (TPSA) is 90.5 Å². The Kier molecular flexibility index (Phi) is 7.23. The number of nitrogens with one attached hydrogen (secondary N) is 2. The van der Waals surface area contributed by atoms with Gasteiger partial charge in [0, 0.05) is 42.0 Å². The molecule has 1 aromatic heterocycles. The average molecular weight is 587 g/mol. The molecule has 4 rings (SSSR count). The molecule has 32 heavy (non-hydrogen) atoms. The molecule has 0 atom stereocenters. The molecular formula is C21H24ClIN6O2S. The minimum Gasteiger partial charge on any atom is -0.368 e. The second-order valence-electron chi connectivity index (χ2n) is 7.66. The Morgan fingerprint density at radius 1 is 1.09 bits per heavy atom. The molecule has 8 nitrogen and oxygen atoms in total. The van der Waals surface area contributed by atoms with Crippen molar-refractivity contribution in [1.82, 2.24) is 14.9 Å². The summed E-state index contributed by atoms with van der Waals surface area (Å²) >= 11 is 8.74. The predicted octanol–water partition coefficient (Wildman–Crippen LogP) is 3.49. The molecule has 0 amide bonds. The monoisotopic (exact) mass is 586 g/mol. The standard InChI is InChI=1S/C21H24ClIN6O2S/c1-28-8-10-29(11-9-28)21-25-18-14-15(23)13-17(22)19(18)20(26-21)24-7-12-32(30,31)27-16-5-3-2-4-6-16/h2-6,13-14,27H,7-12H2,1H3,(H,24,25,26). The van der Waals surface area contributed by atoms with Crippen molar-refractivity contribution in [2.75, 3.05) is 60.5 Å². The number of aromatic nitrogens is 2. The van der Waals surface area contributed by atoms with Crippen LogP contribution >= 0.6 is 34.2 Å². The SMILES string of the molecule is CN1CCN(c2nc(NCCS(=O)(=O)Nc3ccccc3)c3c(Cl)cc(I)cc3n2)CC1. The Morgan fingerprint density at radius 2 is 1.81 bits per heavy atom. The van der Waals surface area contributed by atoms with Crippen molar-refractivity contribution in [2.45, 2.75) is 0 Å². The molecule has 0 radical (unpaired) electrons. The zero-order valence-electron chi connectivity index (χ0n) is 17.6. The molecule has 2 heterocycles. The van der Waals surface area contributed by atoms with Crippen molar-refractivity contribution in [3.63, 3.8) is 0 Å². The maximum Gasteiger partial charge on any atom is 0.234 e. The molecule has 170 valence electrons. The van der Waals surface area contributed by atoms with E-state index in [4.69, 9.17) is 21.6 Å². The summed E-state index contributed by atoms with van der Waals surface area (Å²) in [7, 11) is -1.42. The summed E-state index contributed by atoms with van der Waals surface area (Å²) in [5.41, 5.74) is 1.27. The van der Waals surface area contributed by atoms with E-state index in [9.17, 15) is 8.42 Å². The van der Waals surface area contributed by atoms with Gasteiger partial charge in [0.05, 0.1) is 21.7 Å². The Bertz CT molecular complexity index is 1200. The highest BCUT2D eigenvalue weighted by Crippen LogP contribution is 2.32. The normalized spacial score (nSPS) is 15.2. The highest BCUT2D eigenvalue weighted by atomic mass is 127. The van der Waals surface area contributed by atoms with E-state index in [-0.39, 0.29) is 12.3 Å². The molecule has 0 bridgehead atoms. The van der Waals surface area contributed by atoms with E-state index in [1.54, 1.807) is 24.3 Å². The molecule has 3 aromatic rings. The zero-order chi connectivity index (χ0) is 22.7. The first kappa shape index (κ1) is 23.3. The van der Waals surface area contributed by atoms with Gasteiger partial charge in [-0.15, -0.1) is 0 Å². The van der Waals surface area contributed by atoms with E-state index in [2.05, 4.69) is 49.5 Å². The van der Waals surface area contributed by atoms with Crippen LogP contribution in [0.25, 0.3) is 10.9 Å². The summed E-state index contributed by atoms with van der Waals surface area (Å²) in [5, 5.41) is 4.41. The minimum absolute atomic E-state index is 0.112. The fourth-order valence-electron chi connectivity index (χ4n) is 3.49. The largest absolute Gasteiger partial charge is 0.368 e. The fraction of sp³-hybridized carbons (Fsp3) is 0.333. The van der Waals surface area contributed by atoms with E-state index >= 15 is 0 Å². The van der Waals surface area contributed by atoms with Gasteiger partial charge >= 0.3 is 0 Å². The van der Waals surface area contributed by atoms with Crippen LogP contribution < -0.4 is 14.9 Å². The molecule has 1 saturated heterocycles. The number of benzene rings is 2. The van der Waals surface area contributed by atoms with Crippen LogP contribution in [0.3, 0.4) is 0 Å². The Morgan fingerprint density at radius 3 is 2.53 bits per heavy atom. The quantitative estimate of drug-likeness (QED) is 0.410. The number of nitrogens with zero attached hydrogens (tertiary/aromatic N) is 4. The van der Waals surface area contributed by atoms with Crippen molar-refractivity contribution in [1.29, 1.82) is 0 Å². The number of hydrogen-bond acceptors (Lipinski definition) is 7. The van der Waals surface area contributed by atoms with Crippen LogP contribution in [-0.4, -0.2) is 68.8 Å². The second kappa shape index (κ2) is 9.94. The molecule has 2 N–H and O–H groups in total. The predicted molar refractivity (Wildman–Crippen MR) is 139 cm³/mol. The Hall–Kier alpha value is -1.89. The highest BCUT2D eigenvalue weighted by Gasteiger charge is 2.20. The minimum atomic E-state index is -3.52. The smallest absolute Gasteiger partial charge is 0.234 e. The van der Waals surface area contributed by atoms with Crippen LogP contribution in [0.15, 0.2) is 42.5 Å². The number of hydrogen-bond donors (Lipinski definition) is 2. The van der Waals surface area contributed by atoms with Crippen LogP contribution in [0.2, 0.25) is 5.02 Å². The summed E-state index contributed by atoms with van der Waals surface area (Å²) in [6, 6.07) is 12.6. The molecule has 2 aromatic carbocycles. The first-order valence-electron chi connectivity index (χ1n) is 10.2. The van der Waals surface area contributed by atoms with Crippen LogP contribution in [0.1, 0.15) is 0 Å². The van der Waals surface area contributed by atoms with E-state index in [0.29, 0.717) is 27.9 Å². The molecule has 1 aliphatic heterocycles. The summed E-state index contributed by atoms with van der Waals surface area (Å²) < 4.78 is 28.5. The van der Waals surface area contributed by atoms with Gasteiger partial charge in [-0.1, -0.05) is 29.8 Å². The lowest BCUT2D eigenvalue weighted by Gasteiger charge is -2.32. The van der Waals surface area contributed by atoms with Crippen LogP contribution in [0.4, 0.5) is 17.5 Å². The van der Waals surface area contributed by atoms with Crippen LogP contribution in [0, 0.1) is 3.57 Å². The molecule has 1 fully saturated rings. The number of anilines is 3. The average Bonchev–Trinajstić information content (AvgIpc) is 2.73. The van der Waals surface area contributed by atoms with Gasteiger partial charge in [-0.05, 0) is 53.9 Å². The number of halogens is 2. The summed E-state index contributed by atoms with van der Waals surface area (Å²) in [5.74, 6) is 1.05. The first-order valence-corrected chi connectivity index (χ1v) is 13.3. The third-order valence-electron chi connectivity index (χ3n) is 5.20. The number of para-hydroxylation sites is 1. The molecular weight excluding hydrogens is 563 g/mol. The van der Waals surface area contributed by atoms with E-state index in [1.807, 2.05) is 18.2 Å². The number of piperazine rings is 1. The second-order valence-corrected chi connectivity index (χ2v) is 11.2. The van der Waals surface area contributed by atoms with Crippen molar-refractivity contribution in [2.24, 2.45) is 0 Å². The van der Waals surface area contributed by atoms with E-state index in [0.717, 1.165) is 35.3 Å². The summed E-state index contributed by atoms with van der Waals surface area (Å²) in [6.07, 6.45) is 0. The molecule has 0 saturated carbocycles. The number of rotatable bonds is 7. The highest BCUT2D eigenvalue weighted by molar-refractivity contribution is 14.1. The lowest BCUT2D eigenvalue weighted by atomic mass is 10.2. The third-order valence-corrected chi connectivity index (χ3v) is 7.41. The molecule has 0 spiro atoms. The van der Waals surface area contributed by atoms with Gasteiger partial charge in [-0.3, -0.25) is 4.72 Å². The Labute approximate surface area is 206 Å². The van der Waals surface area contributed by atoms with Crippen molar-refractivity contribution in [3.05, 3.63) is 51.1 Å². The third kappa shape index (κ3) is 5.72. The van der Waals surface area contributed by atoms with Crippen LogP contribution in [0.5, 0.6) is 0 Å². The van der Waals surface area contributed by atoms with Crippen LogP contribution in [-0.2, 0) is 10.0 Å². The van der Waals surface area contributed by atoms with Gasteiger partial charge in [0.15, 0.2) is 0 Å².